The molecule has 1 aliphatic heterocycles. The Kier molecular flexibility index (Phi) is 5.19. The molecular formula is C21H21ClN2O3S. The predicted octanol–water partition coefficient (Wildman–Crippen LogP) is 4.70. The third kappa shape index (κ3) is 3.55. The zero-order chi connectivity index (χ0) is 19.7. The lowest BCUT2D eigenvalue weighted by Crippen LogP contribution is -2.34. The Bertz CT molecular complexity index is 1130. The van der Waals surface area contributed by atoms with Crippen LogP contribution in [0.5, 0.6) is 5.75 Å². The molecule has 0 radical (unpaired) electrons. The summed E-state index contributed by atoms with van der Waals surface area (Å²) in [5.41, 5.74) is 3.23. The number of aromatic nitrogens is 1. The van der Waals surface area contributed by atoms with Crippen LogP contribution in [0.3, 0.4) is 0 Å². The highest BCUT2D eigenvalue weighted by Crippen LogP contribution is 2.32. The maximum absolute atomic E-state index is 12.9. The quantitative estimate of drug-likeness (QED) is 0.655. The van der Waals surface area contributed by atoms with Crippen LogP contribution in [0.15, 0.2) is 59.6 Å². The van der Waals surface area contributed by atoms with Gasteiger partial charge in [0.1, 0.15) is 5.75 Å². The molecule has 0 unspecified atom stereocenters. The summed E-state index contributed by atoms with van der Waals surface area (Å²) in [6.07, 6.45) is 4.60. The van der Waals surface area contributed by atoms with Crippen LogP contribution in [0, 0.1) is 0 Å². The van der Waals surface area contributed by atoms with E-state index in [9.17, 15) is 8.42 Å². The Morgan fingerprint density at radius 3 is 2.64 bits per heavy atom. The molecule has 0 bridgehead atoms. The lowest BCUT2D eigenvalue weighted by molar-refractivity contribution is 0.340. The smallest absolute Gasteiger partial charge is 0.243 e. The number of hydrogen-bond acceptors (Lipinski definition) is 3. The second kappa shape index (κ2) is 7.62. The summed E-state index contributed by atoms with van der Waals surface area (Å²) >= 11 is 6.14. The van der Waals surface area contributed by atoms with Crippen LogP contribution in [-0.4, -0.2) is 37.4 Å². The van der Waals surface area contributed by atoms with E-state index in [0.29, 0.717) is 36.9 Å². The summed E-state index contributed by atoms with van der Waals surface area (Å²) in [4.78, 5) is 3.54. The van der Waals surface area contributed by atoms with Gasteiger partial charge in [-0.15, -0.1) is 0 Å². The second-order valence-electron chi connectivity index (χ2n) is 6.64. The van der Waals surface area contributed by atoms with E-state index in [1.165, 1.54) is 4.31 Å². The van der Waals surface area contributed by atoms with Gasteiger partial charge in [0.2, 0.25) is 10.0 Å². The average molecular weight is 417 g/mol. The molecule has 2 heterocycles. The standard InChI is InChI=1S/C21H21ClN2O3S/c1-2-27-17-4-6-18(7-5-17)28(25,26)24-11-9-15(10-12-24)20-14-23-21-8-3-16(22)13-19(20)21/h3-9,13-14,23H,2,10-12H2,1H3. The van der Waals surface area contributed by atoms with Gasteiger partial charge < -0.3 is 9.72 Å². The van der Waals surface area contributed by atoms with Gasteiger partial charge in [-0.2, -0.15) is 4.31 Å². The van der Waals surface area contributed by atoms with Crippen LogP contribution < -0.4 is 4.74 Å². The number of fused-ring (bicyclic) bond motifs is 1. The molecule has 0 spiro atoms. The van der Waals surface area contributed by atoms with Crippen molar-refractivity contribution in [2.75, 3.05) is 19.7 Å². The van der Waals surface area contributed by atoms with Gasteiger partial charge in [-0.1, -0.05) is 17.7 Å². The summed E-state index contributed by atoms with van der Waals surface area (Å²) in [6.45, 7) is 3.22. The van der Waals surface area contributed by atoms with Gasteiger partial charge >= 0.3 is 0 Å². The summed E-state index contributed by atoms with van der Waals surface area (Å²) in [5, 5.41) is 1.74. The Morgan fingerprint density at radius 2 is 1.96 bits per heavy atom. The van der Waals surface area contributed by atoms with Crippen LogP contribution in [0.1, 0.15) is 18.9 Å². The highest BCUT2D eigenvalue weighted by atomic mass is 35.5. The van der Waals surface area contributed by atoms with Gasteiger partial charge in [-0.25, -0.2) is 8.42 Å². The molecule has 1 aromatic heterocycles. The molecule has 7 heteroatoms. The first-order valence-electron chi connectivity index (χ1n) is 9.18. The van der Waals surface area contributed by atoms with Crippen LogP contribution in [0.25, 0.3) is 16.5 Å². The van der Waals surface area contributed by atoms with Crippen molar-refractivity contribution in [3.8, 4) is 5.75 Å². The molecule has 3 aromatic rings. The average Bonchev–Trinajstić information content (AvgIpc) is 3.12. The zero-order valence-electron chi connectivity index (χ0n) is 15.5. The van der Waals surface area contributed by atoms with Crippen molar-refractivity contribution >= 4 is 38.1 Å². The Hall–Kier alpha value is -2.28. The number of benzene rings is 2. The van der Waals surface area contributed by atoms with Crippen molar-refractivity contribution in [3.63, 3.8) is 0 Å². The predicted molar refractivity (Wildman–Crippen MR) is 112 cm³/mol. The van der Waals surface area contributed by atoms with Crippen LogP contribution in [-0.2, 0) is 10.0 Å². The van der Waals surface area contributed by atoms with Crippen molar-refractivity contribution in [3.05, 3.63) is 65.3 Å². The maximum atomic E-state index is 12.9. The number of nitrogens with one attached hydrogen (secondary N) is 1. The summed E-state index contributed by atoms with van der Waals surface area (Å²) in [6, 6.07) is 12.3. The van der Waals surface area contributed by atoms with Crippen LogP contribution in [0.2, 0.25) is 5.02 Å². The van der Waals surface area contributed by atoms with E-state index in [2.05, 4.69) is 4.98 Å². The van der Waals surface area contributed by atoms with E-state index in [1.807, 2.05) is 37.4 Å². The first-order chi connectivity index (χ1) is 13.5. The van der Waals surface area contributed by atoms with Crippen molar-refractivity contribution in [1.29, 1.82) is 0 Å². The van der Waals surface area contributed by atoms with E-state index in [0.717, 1.165) is 22.0 Å². The molecule has 0 saturated heterocycles. The molecular weight excluding hydrogens is 396 g/mol. The number of nitrogens with zero attached hydrogens (tertiary/aromatic N) is 1. The molecule has 0 atom stereocenters. The van der Waals surface area contributed by atoms with Gasteiger partial charge in [-0.05, 0) is 61.4 Å². The normalized spacial score (nSPS) is 15.6. The number of ether oxygens (including phenoxy) is 1. The topological polar surface area (TPSA) is 62.4 Å². The van der Waals surface area contributed by atoms with Crippen LogP contribution in [0.4, 0.5) is 0 Å². The molecule has 146 valence electrons. The lowest BCUT2D eigenvalue weighted by atomic mass is 10.00. The minimum Gasteiger partial charge on any atom is -0.494 e. The Labute approximate surface area is 169 Å². The fourth-order valence-corrected chi connectivity index (χ4v) is 5.05. The molecule has 1 aliphatic rings. The number of aromatic amines is 1. The molecule has 2 aromatic carbocycles. The number of sulfonamides is 1. The highest BCUT2D eigenvalue weighted by molar-refractivity contribution is 7.89. The monoisotopic (exact) mass is 416 g/mol. The van der Waals surface area contributed by atoms with Gasteiger partial charge in [0.15, 0.2) is 0 Å². The van der Waals surface area contributed by atoms with Gasteiger partial charge in [0, 0.05) is 40.8 Å². The molecule has 4 rings (SSSR count). The van der Waals surface area contributed by atoms with E-state index >= 15 is 0 Å². The minimum atomic E-state index is -3.53. The minimum absolute atomic E-state index is 0.284. The molecule has 0 saturated carbocycles. The number of hydrogen-bond donors (Lipinski definition) is 1. The third-order valence-electron chi connectivity index (χ3n) is 4.93. The van der Waals surface area contributed by atoms with E-state index in [-0.39, 0.29) is 4.90 Å². The van der Waals surface area contributed by atoms with Crippen LogP contribution >= 0.6 is 11.6 Å². The highest BCUT2D eigenvalue weighted by Gasteiger charge is 2.27. The first-order valence-corrected chi connectivity index (χ1v) is 11.0. The molecule has 0 fully saturated rings. The fraction of sp³-hybridized carbons (Fsp3) is 0.238. The van der Waals surface area contributed by atoms with Crippen molar-refractivity contribution < 1.29 is 13.2 Å². The summed E-state index contributed by atoms with van der Waals surface area (Å²) < 4.78 is 32.8. The lowest BCUT2D eigenvalue weighted by Gasteiger charge is -2.26. The van der Waals surface area contributed by atoms with E-state index in [4.69, 9.17) is 16.3 Å². The first kappa shape index (κ1) is 19.1. The Morgan fingerprint density at radius 1 is 1.18 bits per heavy atom. The molecule has 0 amide bonds. The van der Waals surface area contributed by atoms with E-state index < -0.39 is 10.0 Å². The van der Waals surface area contributed by atoms with Gasteiger partial charge in [0.05, 0.1) is 11.5 Å². The third-order valence-corrected chi connectivity index (χ3v) is 7.05. The number of halogens is 1. The molecule has 5 nitrogen and oxygen atoms in total. The second-order valence-corrected chi connectivity index (χ2v) is 9.01. The van der Waals surface area contributed by atoms with Crippen molar-refractivity contribution in [2.45, 2.75) is 18.2 Å². The van der Waals surface area contributed by atoms with Crippen molar-refractivity contribution in [1.82, 2.24) is 9.29 Å². The number of rotatable bonds is 5. The van der Waals surface area contributed by atoms with Gasteiger partial charge in [0.25, 0.3) is 0 Å². The summed E-state index contributed by atoms with van der Waals surface area (Å²) in [5.74, 6) is 0.667. The molecule has 28 heavy (non-hydrogen) atoms. The number of H-pyrrole nitrogens is 1. The Balaban J connectivity index is 1.56. The molecule has 1 N–H and O–H groups in total. The largest absolute Gasteiger partial charge is 0.494 e. The zero-order valence-corrected chi connectivity index (χ0v) is 17.1. The fourth-order valence-electron chi connectivity index (χ4n) is 3.50. The van der Waals surface area contributed by atoms with Gasteiger partial charge in [-0.3, -0.25) is 0 Å². The SMILES string of the molecule is CCOc1ccc(S(=O)(=O)N2CC=C(c3c[nH]c4ccc(Cl)cc34)CC2)cc1. The summed E-state index contributed by atoms with van der Waals surface area (Å²) in [7, 11) is -3.53. The van der Waals surface area contributed by atoms with E-state index in [1.54, 1.807) is 24.3 Å². The molecule has 0 aliphatic carbocycles. The maximum Gasteiger partial charge on any atom is 0.243 e. The van der Waals surface area contributed by atoms with Crippen molar-refractivity contribution in [2.24, 2.45) is 0 Å².